The number of thioether (sulfide) groups is 1. The summed E-state index contributed by atoms with van der Waals surface area (Å²) in [6.45, 7) is 3.84. The number of nitrogens with one attached hydrogen (secondary N) is 2. The average molecular weight is 426 g/mol. The Hall–Kier alpha value is -3.27. The molecule has 1 aliphatic heterocycles. The molecule has 0 spiro atoms. The maximum absolute atomic E-state index is 13.5. The first kappa shape index (κ1) is 20.0. The minimum absolute atomic E-state index is 0.246. The molecule has 0 saturated heterocycles. The van der Waals surface area contributed by atoms with Gasteiger partial charge in [-0.2, -0.15) is 10.1 Å². The molecule has 0 saturated carbocycles. The molecule has 1 atom stereocenters. The molecule has 30 heavy (non-hydrogen) atoms. The first-order valence-corrected chi connectivity index (χ1v) is 10.6. The Bertz CT molecular complexity index is 1150. The summed E-state index contributed by atoms with van der Waals surface area (Å²) >= 11 is 1.45. The third-order valence-electron chi connectivity index (χ3n) is 5.18. The zero-order valence-corrected chi connectivity index (χ0v) is 18.2. The van der Waals surface area contributed by atoms with E-state index in [0.717, 1.165) is 11.3 Å². The SMILES string of the molecule is COc1ccccc1NC(=O)C1=C(C)Nc2nc(SC)nn2C1c1cnn(C)c1C. The number of hydrogen-bond acceptors (Lipinski definition) is 7. The van der Waals surface area contributed by atoms with Gasteiger partial charge in [0, 0.05) is 24.0 Å². The van der Waals surface area contributed by atoms with Gasteiger partial charge in [-0.1, -0.05) is 23.9 Å². The van der Waals surface area contributed by atoms with Crippen molar-refractivity contribution in [2.75, 3.05) is 24.0 Å². The van der Waals surface area contributed by atoms with Crippen LogP contribution in [0.2, 0.25) is 0 Å². The van der Waals surface area contributed by atoms with Crippen LogP contribution in [0.1, 0.15) is 24.2 Å². The number of fused-ring (bicyclic) bond motifs is 1. The number of anilines is 2. The van der Waals surface area contributed by atoms with Crippen LogP contribution in [0.5, 0.6) is 5.75 Å². The molecule has 10 heteroatoms. The number of amides is 1. The first-order chi connectivity index (χ1) is 14.4. The summed E-state index contributed by atoms with van der Waals surface area (Å²) < 4.78 is 8.91. The van der Waals surface area contributed by atoms with Gasteiger partial charge in [-0.05, 0) is 32.2 Å². The van der Waals surface area contributed by atoms with E-state index in [1.54, 1.807) is 34.8 Å². The topological polar surface area (TPSA) is 98.9 Å². The maximum Gasteiger partial charge on any atom is 0.255 e. The predicted octanol–water partition coefficient (Wildman–Crippen LogP) is 2.98. The van der Waals surface area contributed by atoms with Crippen molar-refractivity contribution in [3.8, 4) is 5.75 Å². The lowest BCUT2D eigenvalue weighted by Gasteiger charge is -2.28. The van der Waals surface area contributed by atoms with Crippen LogP contribution in [-0.4, -0.2) is 43.8 Å². The van der Waals surface area contributed by atoms with E-state index in [1.165, 1.54) is 11.8 Å². The molecule has 0 bridgehead atoms. The van der Waals surface area contributed by atoms with Gasteiger partial charge in [-0.3, -0.25) is 9.48 Å². The Balaban J connectivity index is 1.81. The molecular weight excluding hydrogens is 402 g/mol. The number of aryl methyl sites for hydroxylation is 1. The predicted molar refractivity (Wildman–Crippen MR) is 116 cm³/mol. The zero-order chi connectivity index (χ0) is 21.4. The molecule has 1 aliphatic rings. The molecule has 1 amide bonds. The van der Waals surface area contributed by atoms with Crippen LogP contribution in [0.4, 0.5) is 11.6 Å². The molecule has 4 rings (SSSR count). The summed E-state index contributed by atoms with van der Waals surface area (Å²) in [6, 6.07) is 6.85. The van der Waals surface area contributed by atoms with Crippen LogP contribution in [0.3, 0.4) is 0 Å². The van der Waals surface area contributed by atoms with Crippen molar-refractivity contribution in [3.05, 3.63) is 53.0 Å². The summed E-state index contributed by atoms with van der Waals surface area (Å²) in [6.07, 6.45) is 3.69. The van der Waals surface area contributed by atoms with Gasteiger partial charge in [0.25, 0.3) is 5.91 Å². The Morgan fingerprint density at radius 2 is 2.07 bits per heavy atom. The Morgan fingerprint density at radius 1 is 1.30 bits per heavy atom. The van der Waals surface area contributed by atoms with Crippen LogP contribution in [0.15, 0.2) is 46.9 Å². The largest absolute Gasteiger partial charge is 0.495 e. The van der Waals surface area contributed by atoms with Crippen molar-refractivity contribution in [2.45, 2.75) is 25.0 Å². The number of aromatic nitrogens is 5. The maximum atomic E-state index is 13.5. The minimum Gasteiger partial charge on any atom is -0.495 e. The van der Waals surface area contributed by atoms with E-state index in [-0.39, 0.29) is 5.91 Å². The number of rotatable bonds is 5. The van der Waals surface area contributed by atoms with Crippen LogP contribution in [0.25, 0.3) is 0 Å². The summed E-state index contributed by atoms with van der Waals surface area (Å²) in [5.41, 5.74) is 3.69. The van der Waals surface area contributed by atoms with E-state index in [0.29, 0.717) is 33.8 Å². The van der Waals surface area contributed by atoms with Gasteiger partial charge in [-0.15, -0.1) is 5.10 Å². The highest BCUT2D eigenvalue weighted by atomic mass is 32.2. The van der Waals surface area contributed by atoms with Gasteiger partial charge in [0.2, 0.25) is 11.1 Å². The Kier molecular flexibility index (Phi) is 5.25. The van der Waals surface area contributed by atoms with Gasteiger partial charge in [0.15, 0.2) is 0 Å². The molecule has 3 aromatic rings. The summed E-state index contributed by atoms with van der Waals surface area (Å²) in [5.74, 6) is 0.941. The molecule has 2 aromatic heterocycles. The van der Waals surface area contributed by atoms with E-state index in [9.17, 15) is 4.79 Å². The first-order valence-electron chi connectivity index (χ1n) is 9.35. The number of benzene rings is 1. The molecule has 0 radical (unpaired) electrons. The molecular formula is C20H23N7O2S. The second kappa shape index (κ2) is 7.86. The lowest BCUT2D eigenvalue weighted by Crippen LogP contribution is -2.31. The van der Waals surface area contributed by atoms with Gasteiger partial charge in [0.1, 0.15) is 11.8 Å². The van der Waals surface area contributed by atoms with Gasteiger partial charge in [0.05, 0.1) is 24.6 Å². The summed E-state index contributed by atoms with van der Waals surface area (Å²) in [4.78, 5) is 18.0. The van der Waals surface area contributed by atoms with Gasteiger partial charge >= 0.3 is 0 Å². The summed E-state index contributed by atoms with van der Waals surface area (Å²) in [5, 5.41) is 15.8. The Morgan fingerprint density at radius 3 is 2.73 bits per heavy atom. The molecule has 9 nitrogen and oxygen atoms in total. The number of allylic oxidation sites excluding steroid dienone is 1. The fourth-order valence-electron chi connectivity index (χ4n) is 3.52. The standard InChI is InChI=1S/C20H23N7O2S/c1-11-16(18(28)23-14-8-6-7-9-15(14)29-4)17(13-10-21-26(3)12(13)2)27-19(22-11)24-20(25-27)30-5/h6-10,17H,1-5H3,(H,23,28)(H,22,24,25). The summed E-state index contributed by atoms with van der Waals surface area (Å²) in [7, 11) is 3.45. The number of carbonyl (C=O) groups is 1. The lowest BCUT2D eigenvalue weighted by atomic mass is 9.95. The highest BCUT2D eigenvalue weighted by Gasteiger charge is 2.36. The molecule has 0 aliphatic carbocycles. The fourth-order valence-corrected chi connectivity index (χ4v) is 3.87. The fraction of sp³-hybridized carbons (Fsp3) is 0.300. The second-order valence-corrected chi connectivity index (χ2v) is 7.67. The smallest absolute Gasteiger partial charge is 0.255 e. The molecule has 2 N–H and O–H groups in total. The van der Waals surface area contributed by atoms with E-state index in [4.69, 9.17) is 4.74 Å². The molecule has 1 aromatic carbocycles. The minimum atomic E-state index is -0.460. The van der Waals surface area contributed by atoms with Crippen molar-refractivity contribution in [3.63, 3.8) is 0 Å². The van der Waals surface area contributed by atoms with Crippen LogP contribution < -0.4 is 15.4 Å². The zero-order valence-electron chi connectivity index (χ0n) is 17.4. The van der Waals surface area contributed by atoms with E-state index >= 15 is 0 Å². The number of nitrogens with zero attached hydrogens (tertiary/aromatic N) is 5. The van der Waals surface area contributed by atoms with Gasteiger partial charge in [-0.25, -0.2) is 4.68 Å². The number of ether oxygens (including phenoxy) is 1. The third-order valence-corrected chi connectivity index (χ3v) is 5.72. The van der Waals surface area contributed by atoms with Crippen molar-refractivity contribution in [2.24, 2.45) is 7.05 Å². The Labute approximate surface area is 178 Å². The number of para-hydroxylation sites is 2. The third kappa shape index (κ3) is 3.32. The molecule has 3 heterocycles. The second-order valence-electron chi connectivity index (χ2n) is 6.90. The number of hydrogen-bond donors (Lipinski definition) is 2. The average Bonchev–Trinajstić information content (AvgIpc) is 3.30. The highest BCUT2D eigenvalue weighted by Crippen LogP contribution is 2.38. The van der Waals surface area contributed by atoms with E-state index < -0.39 is 6.04 Å². The molecule has 0 fully saturated rings. The van der Waals surface area contributed by atoms with E-state index in [1.807, 2.05) is 39.3 Å². The molecule has 1 unspecified atom stereocenters. The quantitative estimate of drug-likeness (QED) is 0.606. The number of methoxy groups -OCH3 is 1. The van der Waals surface area contributed by atoms with Crippen LogP contribution in [-0.2, 0) is 11.8 Å². The van der Waals surface area contributed by atoms with Crippen molar-refractivity contribution >= 4 is 29.3 Å². The van der Waals surface area contributed by atoms with Crippen LogP contribution in [0, 0.1) is 6.92 Å². The van der Waals surface area contributed by atoms with Gasteiger partial charge < -0.3 is 15.4 Å². The van der Waals surface area contributed by atoms with Crippen LogP contribution >= 0.6 is 11.8 Å². The monoisotopic (exact) mass is 425 g/mol. The van der Waals surface area contributed by atoms with Crippen molar-refractivity contribution in [1.82, 2.24) is 24.5 Å². The number of carbonyl (C=O) groups excluding carboxylic acids is 1. The normalized spacial score (nSPS) is 15.6. The van der Waals surface area contributed by atoms with Crippen molar-refractivity contribution < 1.29 is 9.53 Å². The lowest BCUT2D eigenvalue weighted by molar-refractivity contribution is -0.113. The van der Waals surface area contributed by atoms with E-state index in [2.05, 4.69) is 25.8 Å². The molecule has 156 valence electrons. The highest BCUT2D eigenvalue weighted by molar-refractivity contribution is 7.98. The van der Waals surface area contributed by atoms with Crippen molar-refractivity contribution in [1.29, 1.82) is 0 Å².